The number of H-pyrrole nitrogens is 1. The van der Waals surface area contributed by atoms with Crippen LogP contribution >= 0.6 is 0 Å². The second-order valence-electron chi connectivity index (χ2n) is 7.74. The molecule has 0 bridgehead atoms. The molecule has 0 aliphatic rings. The van der Waals surface area contributed by atoms with Crippen LogP contribution in [0.2, 0.25) is 0 Å². The van der Waals surface area contributed by atoms with Crippen molar-refractivity contribution in [2.75, 3.05) is 5.32 Å². The van der Waals surface area contributed by atoms with Gasteiger partial charge >= 0.3 is 0 Å². The number of aromatic amines is 1. The van der Waals surface area contributed by atoms with E-state index in [2.05, 4.69) is 25.6 Å². The molecule has 0 fully saturated rings. The number of carbonyl (C=O) groups is 1. The number of nitrogens with zero attached hydrogens (tertiary/aromatic N) is 2. The van der Waals surface area contributed by atoms with Gasteiger partial charge in [0, 0.05) is 36.4 Å². The van der Waals surface area contributed by atoms with Gasteiger partial charge in [-0.05, 0) is 54.8 Å². The topological polar surface area (TPSA) is 99.8 Å². The van der Waals surface area contributed by atoms with Crippen molar-refractivity contribution in [2.45, 2.75) is 25.4 Å². The summed E-state index contributed by atoms with van der Waals surface area (Å²) in [4.78, 5) is 36.9. The molecule has 0 saturated carbocycles. The van der Waals surface area contributed by atoms with Gasteiger partial charge in [0.15, 0.2) is 0 Å². The van der Waals surface area contributed by atoms with E-state index < -0.39 is 6.04 Å². The minimum absolute atomic E-state index is 0.160. The van der Waals surface area contributed by atoms with Crippen molar-refractivity contribution >= 4 is 11.6 Å². The van der Waals surface area contributed by atoms with Crippen molar-refractivity contribution in [3.05, 3.63) is 113 Å². The number of hydrogen-bond donors (Lipinski definition) is 3. The van der Waals surface area contributed by atoms with Crippen molar-refractivity contribution in [1.29, 1.82) is 0 Å². The lowest BCUT2D eigenvalue weighted by molar-refractivity contribution is -0.118. The molecule has 1 amide bonds. The third-order valence-electron chi connectivity index (χ3n) is 5.36. The van der Waals surface area contributed by atoms with Gasteiger partial charge in [-0.1, -0.05) is 36.4 Å². The van der Waals surface area contributed by atoms with Crippen molar-refractivity contribution in [3.63, 3.8) is 0 Å². The Kier molecular flexibility index (Phi) is 7.02. The fourth-order valence-corrected chi connectivity index (χ4v) is 3.60. The van der Waals surface area contributed by atoms with Crippen molar-refractivity contribution in [3.8, 4) is 11.1 Å². The molecule has 0 unspecified atom stereocenters. The van der Waals surface area contributed by atoms with Crippen LogP contribution in [0.5, 0.6) is 0 Å². The Morgan fingerprint density at radius 3 is 2.45 bits per heavy atom. The molecule has 4 aromatic rings. The number of hydrogen-bond acceptors (Lipinski definition) is 5. The van der Waals surface area contributed by atoms with Crippen LogP contribution in [0, 0.1) is 0 Å². The first-order chi connectivity index (χ1) is 16.1. The van der Waals surface area contributed by atoms with Gasteiger partial charge in [0.1, 0.15) is 5.69 Å². The zero-order chi connectivity index (χ0) is 23.0. The summed E-state index contributed by atoms with van der Waals surface area (Å²) in [5, 5.41) is 6.19. The molecule has 0 radical (unpaired) electrons. The lowest BCUT2D eigenvalue weighted by atomic mass is 10.0. The van der Waals surface area contributed by atoms with E-state index in [1.807, 2.05) is 67.6 Å². The fraction of sp³-hybridized carbons (Fsp3) is 0.154. The van der Waals surface area contributed by atoms with E-state index in [1.54, 1.807) is 30.9 Å². The van der Waals surface area contributed by atoms with E-state index in [0.717, 1.165) is 22.4 Å². The van der Waals surface area contributed by atoms with Gasteiger partial charge < -0.3 is 10.3 Å². The molecule has 0 aliphatic heterocycles. The largest absolute Gasteiger partial charge is 0.327 e. The highest BCUT2D eigenvalue weighted by Crippen LogP contribution is 2.19. The first-order valence-corrected chi connectivity index (χ1v) is 10.7. The summed E-state index contributed by atoms with van der Waals surface area (Å²) in [7, 11) is 0. The van der Waals surface area contributed by atoms with Gasteiger partial charge in [0.05, 0.1) is 11.7 Å². The Hall–Kier alpha value is -4.10. The molecule has 0 spiro atoms. The summed E-state index contributed by atoms with van der Waals surface area (Å²) in [6, 6.07) is 20.1. The minimum Gasteiger partial charge on any atom is -0.327 e. The molecule has 3 aromatic heterocycles. The van der Waals surface area contributed by atoms with Gasteiger partial charge in [-0.3, -0.25) is 24.9 Å². The number of rotatable bonds is 8. The van der Waals surface area contributed by atoms with Crippen LogP contribution in [-0.4, -0.2) is 26.9 Å². The van der Waals surface area contributed by atoms with Gasteiger partial charge in [-0.2, -0.15) is 0 Å². The predicted molar refractivity (Wildman–Crippen MR) is 129 cm³/mol. The Morgan fingerprint density at radius 2 is 1.73 bits per heavy atom. The molecule has 2 atom stereocenters. The van der Waals surface area contributed by atoms with Crippen LogP contribution in [0.15, 0.2) is 96.3 Å². The number of pyridine rings is 3. The number of carbonyl (C=O) groups excluding carboxylic acids is 1. The van der Waals surface area contributed by atoms with E-state index in [4.69, 9.17) is 0 Å². The Bertz CT molecular complexity index is 1240. The van der Waals surface area contributed by atoms with Crippen molar-refractivity contribution in [2.24, 2.45) is 0 Å². The SMILES string of the molecule is C[C@@H](N[C@@H](Cc1ccccc1)C(=O)Nc1cc(-c2ccncc2)c[nH]c1=O)c1ccccn1. The molecule has 7 heteroatoms. The van der Waals surface area contributed by atoms with Crippen LogP contribution in [0.25, 0.3) is 11.1 Å². The molecule has 3 heterocycles. The van der Waals surface area contributed by atoms with Gasteiger partial charge in [0.25, 0.3) is 5.56 Å². The van der Waals surface area contributed by atoms with Crippen LogP contribution in [-0.2, 0) is 11.2 Å². The number of anilines is 1. The second-order valence-corrected chi connectivity index (χ2v) is 7.74. The van der Waals surface area contributed by atoms with Gasteiger partial charge in [-0.25, -0.2) is 0 Å². The lowest BCUT2D eigenvalue weighted by Crippen LogP contribution is -2.44. The molecular weight excluding hydrogens is 414 g/mol. The third-order valence-corrected chi connectivity index (χ3v) is 5.36. The number of benzene rings is 1. The monoisotopic (exact) mass is 439 g/mol. The Balaban J connectivity index is 1.57. The van der Waals surface area contributed by atoms with Gasteiger partial charge in [-0.15, -0.1) is 0 Å². The highest BCUT2D eigenvalue weighted by atomic mass is 16.2. The van der Waals surface area contributed by atoms with Crippen molar-refractivity contribution in [1.82, 2.24) is 20.3 Å². The highest BCUT2D eigenvalue weighted by molar-refractivity contribution is 5.95. The average molecular weight is 440 g/mol. The number of nitrogens with one attached hydrogen (secondary N) is 3. The zero-order valence-electron chi connectivity index (χ0n) is 18.2. The smallest absolute Gasteiger partial charge is 0.271 e. The normalized spacial score (nSPS) is 12.6. The number of amides is 1. The third kappa shape index (κ3) is 5.78. The maximum Gasteiger partial charge on any atom is 0.271 e. The van der Waals surface area contributed by atoms with E-state index in [0.29, 0.717) is 6.42 Å². The first-order valence-electron chi connectivity index (χ1n) is 10.7. The number of aromatic nitrogens is 3. The Labute approximate surface area is 192 Å². The van der Waals surface area contributed by atoms with Crippen LogP contribution in [0.4, 0.5) is 5.69 Å². The molecule has 4 rings (SSSR count). The first kappa shape index (κ1) is 22.1. The van der Waals surface area contributed by atoms with Crippen molar-refractivity contribution < 1.29 is 4.79 Å². The van der Waals surface area contributed by atoms with E-state index in [9.17, 15) is 9.59 Å². The van der Waals surface area contributed by atoms with Crippen LogP contribution in [0.3, 0.4) is 0 Å². The molecule has 33 heavy (non-hydrogen) atoms. The second kappa shape index (κ2) is 10.5. The van der Waals surface area contributed by atoms with E-state index in [-0.39, 0.29) is 23.2 Å². The maximum absolute atomic E-state index is 13.3. The van der Waals surface area contributed by atoms with Crippen LogP contribution < -0.4 is 16.2 Å². The summed E-state index contributed by atoms with van der Waals surface area (Å²) in [6.45, 7) is 1.96. The maximum atomic E-state index is 13.3. The Morgan fingerprint density at radius 1 is 0.970 bits per heavy atom. The lowest BCUT2D eigenvalue weighted by Gasteiger charge is -2.23. The quantitative estimate of drug-likeness (QED) is 0.388. The van der Waals surface area contributed by atoms with E-state index >= 15 is 0 Å². The van der Waals surface area contributed by atoms with Gasteiger partial charge in [0.2, 0.25) is 5.91 Å². The molecule has 0 aliphatic carbocycles. The molecule has 166 valence electrons. The van der Waals surface area contributed by atoms with Crippen LogP contribution in [0.1, 0.15) is 24.2 Å². The average Bonchev–Trinajstić information content (AvgIpc) is 2.86. The summed E-state index contributed by atoms with van der Waals surface area (Å²) in [5.74, 6) is -0.293. The summed E-state index contributed by atoms with van der Waals surface area (Å²) in [6.07, 6.45) is 7.17. The molecule has 1 aromatic carbocycles. The zero-order valence-corrected chi connectivity index (χ0v) is 18.2. The summed E-state index contributed by atoms with van der Waals surface area (Å²) >= 11 is 0. The van der Waals surface area contributed by atoms with E-state index in [1.165, 1.54) is 0 Å². The highest BCUT2D eigenvalue weighted by Gasteiger charge is 2.23. The fourth-order valence-electron chi connectivity index (χ4n) is 3.60. The molecule has 7 nitrogen and oxygen atoms in total. The molecule has 3 N–H and O–H groups in total. The molecule has 0 saturated heterocycles. The summed E-state index contributed by atoms with van der Waals surface area (Å²) in [5.41, 5.74) is 3.34. The summed E-state index contributed by atoms with van der Waals surface area (Å²) < 4.78 is 0. The standard InChI is InChI=1S/C26H25N5O2/c1-18(22-9-5-6-12-28-22)30-23(15-19-7-3-2-4-8-19)26(33)31-24-16-21(17-29-25(24)32)20-10-13-27-14-11-20/h2-14,16-18,23,30H,15H2,1H3,(H,29,32)(H,31,33)/t18-,23+/m1/s1. The predicted octanol–water partition coefficient (Wildman–Crippen LogP) is 3.73. The minimum atomic E-state index is -0.576. The molecular formula is C26H25N5O2.